The van der Waals surface area contributed by atoms with Crippen molar-refractivity contribution in [3.8, 4) is 5.75 Å². The Morgan fingerprint density at radius 2 is 1.88 bits per heavy atom. The van der Waals surface area contributed by atoms with Crippen LogP contribution < -0.4 is 4.74 Å². The number of hydrogen-bond acceptors (Lipinski definition) is 4. The molecule has 1 aromatic rings. The summed E-state index contributed by atoms with van der Waals surface area (Å²) in [5.74, 6) is -1.46. The first-order valence-electron chi connectivity index (χ1n) is 7.42. The molecule has 1 aromatic carbocycles. The third-order valence-electron chi connectivity index (χ3n) is 3.74. The molecule has 6 nitrogen and oxygen atoms in total. The van der Waals surface area contributed by atoms with E-state index >= 15 is 0 Å². The molecule has 1 amide bonds. The van der Waals surface area contributed by atoms with Crippen molar-refractivity contribution in [2.24, 2.45) is 0 Å². The molecule has 1 N–H and O–H groups in total. The highest BCUT2D eigenvalue weighted by atomic mass is 19.3. The number of rotatable bonds is 4. The van der Waals surface area contributed by atoms with Crippen molar-refractivity contribution < 1.29 is 33.0 Å². The van der Waals surface area contributed by atoms with Crippen LogP contribution in [-0.2, 0) is 9.53 Å². The lowest BCUT2D eigenvalue weighted by Crippen LogP contribution is -2.51. The van der Waals surface area contributed by atoms with Crippen LogP contribution in [0.2, 0.25) is 0 Å². The van der Waals surface area contributed by atoms with E-state index in [0.29, 0.717) is 16.7 Å². The van der Waals surface area contributed by atoms with E-state index in [0.717, 1.165) is 0 Å². The molecular formula is C16H19F2NO5. The number of halogens is 2. The Morgan fingerprint density at radius 1 is 1.29 bits per heavy atom. The van der Waals surface area contributed by atoms with E-state index in [2.05, 4.69) is 4.74 Å². The van der Waals surface area contributed by atoms with Crippen molar-refractivity contribution in [2.45, 2.75) is 39.6 Å². The number of carboxylic acids is 1. The number of ether oxygens (including phenoxy) is 2. The van der Waals surface area contributed by atoms with Gasteiger partial charge in [-0.15, -0.1) is 0 Å². The van der Waals surface area contributed by atoms with Crippen LogP contribution in [0.4, 0.5) is 8.78 Å². The predicted molar refractivity (Wildman–Crippen MR) is 80.4 cm³/mol. The Hall–Kier alpha value is -2.22. The van der Waals surface area contributed by atoms with Gasteiger partial charge in [-0.25, -0.2) is 4.79 Å². The number of alkyl halides is 2. The highest BCUT2D eigenvalue weighted by Crippen LogP contribution is 2.27. The Balaban J connectivity index is 2.24. The summed E-state index contributed by atoms with van der Waals surface area (Å²) in [7, 11) is 0. The molecule has 2 rings (SSSR count). The minimum atomic E-state index is -2.94. The third kappa shape index (κ3) is 4.00. The minimum absolute atomic E-state index is 0.0420. The third-order valence-corrected chi connectivity index (χ3v) is 3.74. The van der Waals surface area contributed by atoms with Crippen LogP contribution in [-0.4, -0.2) is 53.8 Å². The van der Waals surface area contributed by atoms with Crippen LogP contribution in [0.25, 0.3) is 0 Å². The zero-order valence-electron chi connectivity index (χ0n) is 13.6. The number of carbonyl (C=O) groups is 2. The summed E-state index contributed by atoms with van der Waals surface area (Å²) in [5, 5.41) is 9.08. The summed E-state index contributed by atoms with van der Waals surface area (Å²) in [6, 6.07) is 2.92. The number of morpholine rings is 1. The van der Waals surface area contributed by atoms with Crippen LogP contribution in [0.1, 0.15) is 28.4 Å². The molecule has 0 saturated carbocycles. The quantitative estimate of drug-likeness (QED) is 0.907. The second-order valence-electron chi connectivity index (χ2n) is 5.80. The number of aliphatic carboxylic acids is 1. The SMILES string of the molecule is Cc1cc(C(=O)N2CC(C(=O)O)O[C@H](C)C2)cc(C)c1OC(F)F. The number of amides is 1. The van der Waals surface area contributed by atoms with Gasteiger partial charge in [0.1, 0.15) is 5.75 Å². The smallest absolute Gasteiger partial charge is 0.387 e. The molecule has 1 aliphatic rings. The molecule has 8 heteroatoms. The van der Waals surface area contributed by atoms with E-state index in [-0.39, 0.29) is 24.7 Å². The van der Waals surface area contributed by atoms with Gasteiger partial charge < -0.3 is 19.5 Å². The summed E-state index contributed by atoms with van der Waals surface area (Å²) < 4.78 is 34.6. The predicted octanol–water partition coefficient (Wildman–Crippen LogP) is 2.22. The van der Waals surface area contributed by atoms with E-state index in [9.17, 15) is 18.4 Å². The van der Waals surface area contributed by atoms with E-state index in [1.165, 1.54) is 17.0 Å². The lowest BCUT2D eigenvalue weighted by molar-refractivity contribution is -0.160. The Bertz CT molecular complexity index is 626. The van der Waals surface area contributed by atoms with Crippen LogP contribution in [0.5, 0.6) is 5.75 Å². The van der Waals surface area contributed by atoms with Crippen molar-refractivity contribution in [1.82, 2.24) is 4.90 Å². The number of hydrogen-bond donors (Lipinski definition) is 1. The molecule has 0 aliphatic carbocycles. The number of aryl methyl sites for hydroxylation is 2. The first-order chi connectivity index (χ1) is 11.2. The van der Waals surface area contributed by atoms with Crippen LogP contribution >= 0.6 is 0 Å². The molecule has 0 radical (unpaired) electrons. The number of carboxylic acid groups (broad SMARTS) is 1. The first kappa shape index (κ1) is 18.1. The molecule has 0 spiro atoms. The zero-order chi connectivity index (χ0) is 18.0. The van der Waals surface area contributed by atoms with E-state index < -0.39 is 24.8 Å². The average molecular weight is 343 g/mol. The Labute approximate surface area is 138 Å². The summed E-state index contributed by atoms with van der Waals surface area (Å²) in [4.78, 5) is 25.1. The first-order valence-corrected chi connectivity index (χ1v) is 7.42. The fraction of sp³-hybridized carbons (Fsp3) is 0.500. The summed E-state index contributed by atoms with van der Waals surface area (Å²) in [6.45, 7) is 2.08. The molecule has 1 heterocycles. The van der Waals surface area contributed by atoms with Crippen LogP contribution in [0.15, 0.2) is 12.1 Å². The maximum Gasteiger partial charge on any atom is 0.387 e. The van der Waals surface area contributed by atoms with E-state index in [1.807, 2.05) is 0 Å². The van der Waals surface area contributed by atoms with Gasteiger partial charge in [0, 0.05) is 12.1 Å². The van der Waals surface area contributed by atoms with Gasteiger partial charge in [0.25, 0.3) is 5.91 Å². The highest BCUT2D eigenvalue weighted by molar-refractivity contribution is 5.95. The normalized spacial score (nSPS) is 21.0. The van der Waals surface area contributed by atoms with Crippen LogP contribution in [0.3, 0.4) is 0 Å². The molecule has 0 aromatic heterocycles. The van der Waals surface area contributed by atoms with Crippen molar-refractivity contribution >= 4 is 11.9 Å². The van der Waals surface area contributed by atoms with Gasteiger partial charge >= 0.3 is 12.6 Å². The average Bonchev–Trinajstić information content (AvgIpc) is 2.49. The van der Waals surface area contributed by atoms with Gasteiger partial charge in [-0.2, -0.15) is 8.78 Å². The van der Waals surface area contributed by atoms with Gasteiger partial charge in [-0.05, 0) is 44.0 Å². The number of benzene rings is 1. The summed E-state index contributed by atoms with van der Waals surface area (Å²) in [6.07, 6.45) is -1.49. The maximum absolute atomic E-state index is 12.6. The largest absolute Gasteiger partial charge is 0.479 e. The Kier molecular flexibility index (Phi) is 5.38. The molecule has 1 fully saturated rings. The van der Waals surface area contributed by atoms with Gasteiger partial charge in [-0.1, -0.05) is 0 Å². The second kappa shape index (κ2) is 7.12. The molecule has 1 saturated heterocycles. The molecule has 132 valence electrons. The fourth-order valence-corrected chi connectivity index (χ4v) is 2.78. The minimum Gasteiger partial charge on any atom is -0.479 e. The maximum atomic E-state index is 12.6. The fourth-order valence-electron chi connectivity index (χ4n) is 2.78. The number of nitrogens with zero attached hydrogens (tertiary/aromatic N) is 1. The van der Waals surface area contributed by atoms with Crippen molar-refractivity contribution in [3.63, 3.8) is 0 Å². The topological polar surface area (TPSA) is 76.1 Å². The van der Waals surface area contributed by atoms with E-state index in [1.54, 1.807) is 20.8 Å². The van der Waals surface area contributed by atoms with Gasteiger partial charge in [0.05, 0.1) is 12.6 Å². The molecule has 2 atom stereocenters. The standard InChI is InChI=1S/C16H19F2NO5/c1-8-4-11(5-9(2)13(8)24-16(17)18)14(20)19-6-10(3)23-12(7-19)15(21)22/h4-5,10,12,16H,6-7H2,1-3H3,(H,21,22)/t10-,12?/m1/s1. The van der Waals surface area contributed by atoms with Gasteiger partial charge in [0.15, 0.2) is 6.10 Å². The second-order valence-corrected chi connectivity index (χ2v) is 5.80. The van der Waals surface area contributed by atoms with Crippen molar-refractivity contribution in [2.75, 3.05) is 13.1 Å². The van der Waals surface area contributed by atoms with Gasteiger partial charge in [0.2, 0.25) is 0 Å². The van der Waals surface area contributed by atoms with Crippen molar-refractivity contribution in [3.05, 3.63) is 28.8 Å². The lowest BCUT2D eigenvalue weighted by Gasteiger charge is -2.35. The van der Waals surface area contributed by atoms with Crippen molar-refractivity contribution in [1.29, 1.82) is 0 Å². The molecule has 24 heavy (non-hydrogen) atoms. The lowest BCUT2D eigenvalue weighted by atomic mass is 10.0. The summed E-state index contributed by atoms with van der Waals surface area (Å²) >= 11 is 0. The van der Waals surface area contributed by atoms with Crippen LogP contribution in [0, 0.1) is 13.8 Å². The number of carbonyl (C=O) groups excluding carboxylic acids is 1. The molecule has 1 aliphatic heterocycles. The zero-order valence-corrected chi connectivity index (χ0v) is 13.6. The van der Waals surface area contributed by atoms with E-state index in [4.69, 9.17) is 9.84 Å². The molecular weight excluding hydrogens is 324 g/mol. The van der Waals surface area contributed by atoms with Gasteiger partial charge in [-0.3, -0.25) is 4.79 Å². The molecule has 1 unspecified atom stereocenters. The Morgan fingerprint density at radius 3 is 2.38 bits per heavy atom. The molecule has 0 bridgehead atoms. The summed E-state index contributed by atoms with van der Waals surface area (Å²) in [5.41, 5.74) is 1.12. The highest BCUT2D eigenvalue weighted by Gasteiger charge is 2.33. The monoisotopic (exact) mass is 343 g/mol.